The molecule has 0 radical (unpaired) electrons. The first kappa shape index (κ1) is 17.5. The van der Waals surface area contributed by atoms with E-state index in [1.54, 1.807) is 18.5 Å². The van der Waals surface area contributed by atoms with Gasteiger partial charge in [0, 0.05) is 38.4 Å². The van der Waals surface area contributed by atoms with Crippen LogP contribution in [0, 0.1) is 5.92 Å². The van der Waals surface area contributed by atoms with Crippen LogP contribution in [0.3, 0.4) is 0 Å². The maximum Gasteiger partial charge on any atom is 0.401 e. The normalized spacial score (nSPS) is 18.8. The third kappa shape index (κ3) is 6.81. The quantitative estimate of drug-likeness (QED) is 0.788. The lowest BCUT2D eigenvalue weighted by atomic mass is 10.1. The van der Waals surface area contributed by atoms with Crippen molar-refractivity contribution in [2.45, 2.75) is 19.0 Å². The van der Waals surface area contributed by atoms with Crippen LogP contribution in [0.5, 0.6) is 0 Å². The molecule has 0 spiro atoms. The molecule has 2 heterocycles. The van der Waals surface area contributed by atoms with Gasteiger partial charge in [-0.2, -0.15) is 13.2 Å². The molecule has 1 aromatic rings. The number of anilines is 1. The molecule has 6 nitrogen and oxygen atoms in total. The summed E-state index contributed by atoms with van der Waals surface area (Å²) < 4.78 is 36.9. The second-order valence-electron chi connectivity index (χ2n) is 5.56. The van der Waals surface area contributed by atoms with E-state index in [1.807, 2.05) is 0 Å². The standard InChI is InChI=1S/C14H20F3N5O/c15-14(16,17)10-22-7-3-11(9-22)8-21-12(23)2-6-20-13-18-4-1-5-19-13/h1,4-5,11H,2-3,6-10H2,(H,21,23)(H,18,19,20)/t11-/m0/s1. The Bertz CT molecular complexity index is 497. The summed E-state index contributed by atoms with van der Waals surface area (Å²) in [6.45, 7) is 0.733. The number of hydrogen-bond acceptors (Lipinski definition) is 5. The number of likely N-dealkylation sites (tertiary alicyclic amines) is 1. The van der Waals surface area contributed by atoms with Crippen LogP contribution >= 0.6 is 0 Å². The largest absolute Gasteiger partial charge is 0.401 e. The lowest BCUT2D eigenvalue weighted by Gasteiger charge is -2.18. The van der Waals surface area contributed by atoms with Gasteiger partial charge in [0.2, 0.25) is 11.9 Å². The number of carbonyl (C=O) groups excluding carboxylic acids is 1. The molecule has 0 saturated carbocycles. The van der Waals surface area contributed by atoms with Crippen LogP contribution in [0.15, 0.2) is 18.5 Å². The second-order valence-corrected chi connectivity index (χ2v) is 5.56. The van der Waals surface area contributed by atoms with E-state index in [0.29, 0.717) is 38.5 Å². The van der Waals surface area contributed by atoms with Crippen molar-refractivity contribution < 1.29 is 18.0 Å². The maximum atomic E-state index is 12.3. The van der Waals surface area contributed by atoms with Crippen molar-refractivity contribution in [3.63, 3.8) is 0 Å². The van der Waals surface area contributed by atoms with E-state index in [1.165, 1.54) is 4.90 Å². The molecular weight excluding hydrogens is 311 g/mol. The van der Waals surface area contributed by atoms with Gasteiger partial charge in [-0.15, -0.1) is 0 Å². The molecule has 1 fully saturated rings. The number of hydrogen-bond donors (Lipinski definition) is 2. The van der Waals surface area contributed by atoms with Gasteiger partial charge in [0.25, 0.3) is 0 Å². The van der Waals surface area contributed by atoms with Crippen molar-refractivity contribution in [3.05, 3.63) is 18.5 Å². The van der Waals surface area contributed by atoms with E-state index in [-0.39, 0.29) is 18.2 Å². The molecule has 1 aliphatic heterocycles. The van der Waals surface area contributed by atoms with Gasteiger partial charge in [-0.1, -0.05) is 0 Å². The van der Waals surface area contributed by atoms with Gasteiger partial charge < -0.3 is 10.6 Å². The second kappa shape index (κ2) is 8.09. The predicted octanol–water partition coefficient (Wildman–Crippen LogP) is 1.28. The average Bonchev–Trinajstić information content (AvgIpc) is 2.92. The summed E-state index contributed by atoms with van der Waals surface area (Å²) in [5.74, 6) is 0.397. The fourth-order valence-corrected chi connectivity index (χ4v) is 2.50. The van der Waals surface area contributed by atoms with Gasteiger partial charge in [0.15, 0.2) is 0 Å². The molecule has 128 valence electrons. The number of nitrogens with zero attached hydrogens (tertiary/aromatic N) is 3. The molecule has 0 bridgehead atoms. The van der Waals surface area contributed by atoms with E-state index in [2.05, 4.69) is 20.6 Å². The van der Waals surface area contributed by atoms with Crippen molar-refractivity contribution in [1.82, 2.24) is 20.2 Å². The summed E-state index contributed by atoms with van der Waals surface area (Å²) in [6.07, 6.45) is -0.0303. The molecule has 2 rings (SSSR count). The minimum Gasteiger partial charge on any atom is -0.356 e. The number of aromatic nitrogens is 2. The highest BCUT2D eigenvalue weighted by atomic mass is 19.4. The number of carbonyl (C=O) groups is 1. The molecular formula is C14H20F3N5O. The molecule has 1 aliphatic rings. The summed E-state index contributed by atoms with van der Waals surface area (Å²) in [4.78, 5) is 21.0. The highest BCUT2D eigenvalue weighted by molar-refractivity contribution is 5.76. The Kier molecular flexibility index (Phi) is 6.14. The summed E-state index contributed by atoms with van der Waals surface area (Å²) in [5.41, 5.74) is 0. The highest BCUT2D eigenvalue weighted by Crippen LogP contribution is 2.22. The Labute approximate surface area is 132 Å². The van der Waals surface area contributed by atoms with E-state index in [4.69, 9.17) is 0 Å². The molecule has 2 N–H and O–H groups in total. The van der Waals surface area contributed by atoms with E-state index < -0.39 is 12.7 Å². The van der Waals surface area contributed by atoms with Crippen molar-refractivity contribution in [1.29, 1.82) is 0 Å². The zero-order valence-electron chi connectivity index (χ0n) is 12.6. The Hall–Kier alpha value is -1.90. The lowest BCUT2D eigenvalue weighted by molar-refractivity contribution is -0.143. The van der Waals surface area contributed by atoms with Crippen LogP contribution in [0.25, 0.3) is 0 Å². The summed E-state index contributed by atoms with van der Waals surface area (Å²) in [7, 11) is 0. The molecule has 9 heteroatoms. The monoisotopic (exact) mass is 331 g/mol. The Morgan fingerprint density at radius 1 is 1.35 bits per heavy atom. The fraction of sp³-hybridized carbons (Fsp3) is 0.643. The van der Waals surface area contributed by atoms with Gasteiger partial charge in [-0.05, 0) is 24.9 Å². The minimum atomic E-state index is -4.16. The number of nitrogens with one attached hydrogen (secondary N) is 2. The van der Waals surface area contributed by atoms with Gasteiger partial charge >= 0.3 is 6.18 Å². The summed E-state index contributed by atoms with van der Waals surface area (Å²) in [6, 6.07) is 1.70. The number of halogens is 3. The number of rotatable bonds is 7. The fourth-order valence-electron chi connectivity index (χ4n) is 2.50. The zero-order valence-corrected chi connectivity index (χ0v) is 12.6. The zero-order chi connectivity index (χ0) is 16.7. The minimum absolute atomic E-state index is 0.0757. The third-order valence-corrected chi connectivity index (χ3v) is 3.56. The van der Waals surface area contributed by atoms with Crippen molar-refractivity contribution in [2.75, 3.05) is 38.0 Å². The average molecular weight is 331 g/mol. The van der Waals surface area contributed by atoms with Crippen LogP contribution in [0.2, 0.25) is 0 Å². The first-order valence-corrected chi connectivity index (χ1v) is 7.49. The third-order valence-electron chi connectivity index (χ3n) is 3.56. The van der Waals surface area contributed by atoms with Crippen LogP contribution in [0.4, 0.5) is 19.1 Å². The first-order chi connectivity index (χ1) is 10.9. The van der Waals surface area contributed by atoms with E-state index in [9.17, 15) is 18.0 Å². The predicted molar refractivity (Wildman–Crippen MR) is 78.8 cm³/mol. The van der Waals surface area contributed by atoms with Crippen LogP contribution < -0.4 is 10.6 Å². The Balaban J connectivity index is 1.58. The van der Waals surface area contributed by atoms with Crippen LogP contribution in [-0.2, 0) is 4.79 Å². The summed E-state index contributed by atoms with van der Waals surface area (Å²) in [5, 5.41) is 5.69. The van der Waals surface area contributed by atoms with E-state index >= 15 is 0 Å². The summed E-state index contributed by atoms with van der Waals surface area (Å²) >= 11 is 0. The number of alkyl halides is 3. The molecule has 23 heavy (non-hydrogen) atoms. The first-order valence-electron chi connectivity index (χ1n) is 7.49. The molecule has 1 aromatic heterocycles. The maximum absolute atomic E-state index is 12.3. The van der Waals surface area contributed by atoms with Crippen molar-refractivity contribution in [3.8, 4) is 0 Å². The smallest absolute Gasteiger partial charge is 0.356 e. The van der Waals surface area contributed by atoms with Gasteiger partial charge in [-0.25, -0.2) is 9.97 Å². The number of amides is 1. The van der Waals surface area contributed by atoms with Crippen molar-refractivity contribution in [2.24, 2.45) is 5.92 Å². The highest BCUT2D eigenvalue weighted by Gasteiger charge is 2.34. The van der Waals surface area contributed by atoms with Crippen LogP contribution in [-0.4, -0.2) is 59.7 Å². The molecule has 0 aliphatic carbocycles. The molecule has 0 unspecified atom stereocenters. The van der Waals surface area contributed by atoms with E-state index in [0.717, 1.165) is 0 Å². The van der Waals surface area contributed by atoms with Gasteiger partial charge in [0.05, 0.1) is 6.54 Å². The SMILES string of the molecule is O=C(CCNc1ncccn1)NC[C@@H]1CCN(CC(F)(F)F)C1. The topological polar surface area (TPSA) is 70.1 Å². The van der Waals surface area contributed by atoms with Gasteiger partial charge in [-0.3, -0.25) is 9.69 Å². The molecule has 1 saturated heterocycles. The van der Waals surface area contributed by atoms with Gasteiger partial charge in [0.1, 0.15) is 0 Å². The van der Waals surface area contributed by atoms with Crippen molar-refractivity contribution >= 4 is 11.9 Å². The lowest BCUT2D eigenvalue weighted by Crippen LogP contribution is -2.35. The molecule has 1 atom stereocenters. The Morgan fingerprint density at radius 2 is 2.09 bits per heavy atom. The Morgan fingerprint density at radius 3 is 2.78 bits per heavy atom. The van der Waals surface area contributed by atoms with Crippen LogP contribution in [0.1, 0.15) is 12.8 Å². The molecule has 1 amide bonds. The molecule has 0 aromatic carbocycles.